The first kappa shape index (κ1) is 11.4. The van der Waals surface area contributed by atoms with E-state index in [0.29, 0.717) is 10.4 Å². The van der Waals surface area contributed by atoms with Crippen LogP contribution in [0, 0.1) is 5.92 Å². The molecular formula is C8H9BrClN3O. The van der Waals surface area contributed by atoms with Gasteiger partial charge in [0.15, 0.2) is 5.82 Å². The molecule has 1 aromatic heterocycles. The topological polar surface area (TPSA) is 54.9 Å². The van der Waals surface area contributed by atoms with Crippen molar-refractivity contribution in [1.29, 1.82) is 0 Å². The molecule has 4 nitrogen and oxygen atoms in total. The summed E-state index contributed by atoms with van der Waals surface area (Å²) in [6.07, 6.45) is 2.99. The molecule has 1 unspecified atom stereocenters. The largest absolute Gasteiger partial charge is 0.309 e. The Kier molecular flexibility index (Phi) is 4.28. The summed E-state index contributed by atoms with van der Waals surface area (Å²) in [5.41, 5.74) is 0. The summed E-state index contributed by atoms with van der Waals surface area (Å²) >= 11 is 8.68. The van der Waals surface area contributed by atoms with Crippen molar-refractivity contribution in [3.8, 4) is 0 Å². The molecule has 1 aromatic rings. The van der Waals surface area contributed by atoms with Gasteiger partial charge >= 0.3 is 0 Å². The Bertz CT molecular complexity index is 317. The molecule has 0 radical (unpaired) electrons. The zero-order valence-electron chi connectivity index (χ0n) is 7.50. The quantitative estimate of drug-likeness (QED) is 0.861. The normalized spacial score (nSPS) is 12.2. The van der Waals surface area contributed by atoms with Crippen LogP contribution in [0.25, 0.3) is 0 Å². The number of nitrogens with one attached hydrogen (secondary N) is 1. The third-order valence-corrected chi connectivity index (χ3v) is 2.42. The minimum atomic E-state index is -0.234. The van der Waals surface area contributed by atoms with E-state index in [1.165, 1.54) is 12.4 Å². The van der Waals surface area contributed by atoms with Gasteiger partial charge < -0.3 is 5.32 Å². The molecule has 0 aliphatic carbocycles. The number of hydrogen-bond acceptors (Lipinski definition) is 3. The summed E-state index contributed by atoms with van der Waals surface area (Å²) in [6.45, 7) is 1.74. The number of anilines is 1. The Hall–Kier alpha value is -0.680. The molecule has 6 heteroatoms. The second-order valence-corrected chi connectivity index (χ2v) is 3.89. The molecule has 0 saturated heterocycles. The highest BCUT2D eigenvalue weighted by atomic mass is 79.9. The minimum Gasteiger partial charge on any atom is -0.309 e. The Morgan fingerprint density at radius 1 is 1.64 bits per heavy atom. The van der Waals surface area contributed by atoms with Gasteiger partial charge in [0.05, 0.1) is 12.4 Å². The van der Waals surface area contributed by atoms with Crippen molar-refractivity contribution < 1.29 is 4.79 Å². The van der Waals surface area contributed by atoms with E-state index in [-0.39, 0.29) is 17.7 Å². The Morgan fingerprint density at radius 2 is 2.36 bits per heavy atom. The van der Waals surface area contributed by atoms with Crippen molar-refractivity contribution in [2.75, 3.05) is 11.2 Å². The highest BCUT2D eigenvalue weighted by molar-refractivity contribution is 9.10. The smallest absolute Gasteiger partial charge is 0.229 e. The molecule has 76 valence electrons. The van der Waals surface area contributed by atoms with E-state index in [1.54, 1.807) is 6.92 Å². The fourth-order valence-electron chi connectivity index (χ4n) is 0.696. The number of carbonyl (C=O) groups is 1. The van der Waals surface area contributed by atoms with Crippen LogP contribution in [0.5, 0.6) is 0 Å². The van der Waals surface area contributed by atoms with Crippen LogP contribution in [0.2, 0.25) is 0 Å². The number of halogens is 2. The van der Waals surface area contributed by atoms with Crippen LogP contribution in [0.4, 0.5) is 5.82 Å². The van der Waals surface area contributed by atoms with E-state index in [4.69, 9.17) is 11.6 Å². The van der Waals surface area contributed by atoms with Gasteiger partial charge in [-0.15, -0.1) is 11.6 Å². The van der Waals surface area contributed by atoms with E-state index in [1.807, 2.05) is 0 Å². The molecule has 0 saturated carbocycles. The maximum absolute atomic E-state index is 11.4. The third kappa shape index (κ3) is 3.23. The summed E-state index contributed by atoms with van der Waals surface area (Å²) in [6, 6.07) is 0. The van der Waals surface area contributed by atoms with Crippen LogP contribution in [-0.2, 0) is 4.79 Å². The number of alkyl halides is 1. The van der Waals surface area contributed by atoms with Gasteiger partial charge in [-0.1, -0.05) is 6.92 Å². The number of aromatic nitrogens is 2. The molecule has 0 bridgehead atoms. The predicted octanol–water partition coefficient (Wildman–Crippen LogP) is 2.05. The van der Waals surface area contributed by atoms with Crippen LogP contribution in [0.15, 0.2) is 17.0 Å². The molecule has 1 atom stereocenters. The number of nitrogens with zero attached hydrogens (tertiary/aromatic N) is 2. The second kappa shape index (κ2) is 5.26. The van der Waals surface area contributed by atoms with Gasteiger partial charge in [-0.05, 0) is 15.9 Å². The van der Waals surface area contributed by atoms with Gasteiger partial charge in [0.25, 0.3) is 0 Å². The first-order chi connectivity index (χ1) is 6.63. The van der Waals surface area contributed by atoms with Crippen molar-refractivity contribution in [2.45, 2.75) is 6.92 Å². The zero-order chi connectivity index (χ0) is 10.6. The number of hydrogen-bond donors (Lipinski definition) is 1. The summed E-state index contributed by atoms with van der Waals surface area (Å²) in [5, 5.41) is 2.60. The van der Waals surface area contributed by atoms with E-state index >= 15 is 0 Å². The fourth-order valence-corrected chi connectivity index (χ4v) is 1.04. The average molecular weight is 279 g/mol. The van der Waals surface area contributed by atoms with Crippen molar-refractivity contribution in [1.82, 2.24) is 9.97 Å². The first-order valence-corrected chi connectivity index (χ1v) is 5.30. The SMILES string of the molecule is CC(CCl)C(=O)Nc1cnc(Br)cn1. The lowest BCUT2D eigenvalue weighted by molar-refractivity contribution is -0.118. The third-order valence-electron chi connectivity index (χ3n) is 1.55. The molecule has 1 rings (SSSR count). The summed E-state index contributed by atoms with van der Waals surface area (Å²) in [4.78, 5) is 19.2. The molecule has 1 amide bonds. The van der Waals surface area contributed by atoms with Crippen LogP contribution in [0.3, 0.4) is 0 Å². The lowest BCUT2D eigenvalue weighted by Gasteiger charge is -2.07. The fraction of sp³-hybridized carbons (Fsp3) is 0.375. The van der Waals surface area contributed by atoms with E-state index in [9.17, 15) is 4.79 Å². The highest BCUT2D eigenvalue weighted by Gasteiger charge is 2.11. The molecule has 1 heterocycles. The second-order valence-electron chi connectivity index (χ2n) is 2.77. The maximum Gasteiger partial charge on any atom is 0.229 e. The Balaban J connectivity index is 2.60. The van der Waals surface area contributed by atoms with Crippen LogP contribution in [-0.4, -0.2) is 21.8 Å². The predicted molar refractivity (Wildman–Crippen MR) is 58.2 cm³/mol. The number of carbonyl (C=O) groups excluding carboxylic acids is 1. The monoisotopic (exact) mass is 277 g/mol. The summed E-state index contributed by atoms with van der Waals surface area (Å²) < 4.78 is 0.626. The first-order valence-electron chi connectivity index (χ1n) is 3.98. The maximum atomic E-state index is 11.4. The van der Waals surface area contributed by atoms with Gasteiger partial charge in [-0.3, -0.25) is 4.79 Å². The minimum absolute atomic E-state index is 0.156. The van der Waals surface area contributed by atoms with Crippen molar-refractivity contribution in [2.24, 2.45) is 5.92 Å². The highest BCUT2D eigenvalue weighted by Crippen LogP contribution is 2.08. The molecule has 14 heavy (non-hydrogen) atoms. The summed E-state index contributed by atoms with van der Waals surface area (Å²) in [5.74, 6) is 0.324. The molecular weight excluding hydrogens is 269 g/mol. The van der Waals surface area contributed by atoms with E-state index in [2.05, 4.69) is 31.2 Å². The van der Waals surface area contributed by atoms with Crippen molar-refractivity contribution in [3.63, 3.8) is 0 Å². The Morgan fingerprint density at radius 3 is 2.86 bits per heavy atom. The number of amides is 1. The molecule has 0 aliphatic rings. The molecule has 0 aliphatic heterocycles. The standard InChI is InChI=1S/C8H9BrClN3O/c1-5(2-10)8(14)13-7-4-11-6(9)3-12-7/h3-5H,2H2,1H3,(H,12,13,14). The van der Waals surface area contributed by atoms with Crippen LogP contribution < -0.4 is 5.32 Å². The van der Waals surface area contributed by atoms with E-state index in [0.717, 1.165) is 0 Å². The molecule has 0 fully saturated rings. The van der Waals surface area contributed by atoms with E-state index < -0.39 is 0 Å². The van der Waals surface area contributed by atoms with Gasteiger partial charge in [-0.25, -0.2) is 9.97 Å². The van der Waals surface area contributed by atoms with Gasteiger partial charge in [0.2, 0.25) is 5.91 Å². The Labute approximate surface area is 95.2 Å². The van der Waals surface area contributed by atoms with Gasteiger partial charge in [0, 0.05) is 11.8 Å². The van der Waals surface area contributed by atoms with Crippen molar-refractivity contribution in [3.05, 3.63) is 17.0 Å². The van der Waals surface area contributed by atoms with Gasteiger partial charge in [-0.2, -0.15) is 0 Å². The molecule has 1 N–H and O–H groups in total. The lowest BCUT2D eigenvalue weighted by Crippen LogP contribution is -2.22. The summed E-state index contributed by atoms with van der Waals surface area (Å²) in [7, 11) is 0. The average Bonchev–Trinajstić information content (AvgIpc) is 2.20. The van der Waals surface area contributed by atoms with Crippen molar-refractivity contribution >= 4 is 39.3 Å². The zero-order valence-corrected chi connectivity index (χ0v) is 9.84. The number of rotatable bonds is 3. The lowest BCUT2D eigenvalue weighted by atomic mass is 10.2. The van der Waals surface area contributed by atoms with Crippen LogP contribution in [0.1, 0.15) is 6.92 Å². The van der Waals surface area contributed by atoms with Gasteiger partial charge in [0.1, 0.15) is 4.60 Å². The van der Waals surface area contributed by atoms with Crippen LogP contribution >= 0.6 is 27.5 Å². The molecule has 0 aromatic carbocycles. The molecule has 0 spiro atoms.